The van der Waals surface area contributed by atoms with Crippen LogP contribution in [0.25, 0.3) is 0 Å². The summed E-state index contributed by atoms with van der Waals surface area (Å²) in [6, 6.07) is 14.3. The fraction of sp³-hybridized carbons (Fsp3) is 0.174. The summed E-state index contributed by atoms with van der Waals surface area (Å²) in [5, 5.41) is 12.9. The predicted molar refractivity (Wildman–Crippen MR) is 118 cm³/mol. The first kappa shape index (κ1) is 22.9. The topological polar surface area (TPSA) is 67.8 Å². The summed E-state index contributed by atoms with van der Waals surface area (Å²) in [6.45, 7) is 1.18. The Morgan fingerprint density at radius 2 is 1.71 bits per heavy atom. The van der Waals surface area contributed by atoms with Gasteiger partial charge in [-0.25, -0.2) is 9.18 Å². The van der Waals surface area contributed by atoms with Gasteiger partial charge in [0.15, 0.2) is 11.5 Å². The van der Waals surface area contributed by atoms with Gasteiger partial charge in [0.05, 0.1) is 22.7 Å². The number of carboxylic acid groups (broad SMARTS) is 1. The Hall–Kier alpha value is -2.80. The lowest BCUT2D eigenvalue weighted by atomic mass is 10.1. The van der Waals surface area contributed by atoms with E-state index in [2.05, 4.69) is 5.32 Å². The molecule has 0 aromatic heterocycles. The van der Waals surface area contributed by atoms with E-state index in [0.717, 1.165) is 11.1 Å². The standard InChI is InChI=1S/C23H20Cl2FNO4/c1-30-21-9-15(12-27-11-14-2-4-16(5-3-14)23(28)29)8-20(25)22(21)31-13-17-6-7-18(26)10-19(17)24/h2-10,27H,11-13H2,1H3,(H,28,29). The van der Waals surface area contributed by atoms with Gasteiger partial charge < -0.3 is 19.9 Å². The molecule has 0 aliphatic carbocycles. The van der Waals surface area contributed by atoms with E-state index in [4.69, 9.17) is 37.8 Å². The van der Waals surface area contributed by atoms with E-state index in [9.17, 15) is 9.18 Å². The number of methoxy groups -OCH3 is 1. The van der Waals surface area contributed by atoms with Gasteiger partial charge in [-0.1, -0.05) is 41.4 Å². The number of hydrogen-bond donors (Lipinski definition) is 2. The maximum Gasteiger partial charge on any atom is 0.335 e. The van der Waals surface area contributed by atoms with Crippen molar-refractivity contribution in [3.8, 4) is 11.5 Å². The lowest BCUT2D eigenvalue weighted by molar-refractivity contribution is 0.0697. The number of aromatic carboxylic acids is 1. The fourth-order valence-corrected chi connectivity index (χ4v) is 3.43. The highest BCUT2D eigenvalue weighted by atomic mass is 35.5. The molecule has 0 aliphatic heterocycles. The Labute approximate surface area is 189 Å². The molecule has 162 valence electrons. The molecule has 0 heterocycles. The van der Waals surface area contributed by atoms with E-state index >= 15 is 0 Å². The second kappa shape index (κ2) is 10.5. The van der Waals surface area contributed by atoms with Crippen molar-refractivity contribution >= 4 is 29.2 Å². The Balaban J connectivity index is 1.63. The number of ether oxygens (including phenoxy) is 2. The van der Waals surface area contributed by atoms with Gasteiger partial charge in [0.1, 0.15) is 12.4 Å². The Morgan fingerprint density at radius 3 is 2.35 bits per heavy atom. The van der Waals surface area contributed by atoms with Crippen molar-refractivity contribution in [1.29, 1.82) is 0 Å². The number of rotatable bonds is 9. The van der Waals surface area contributed by atoms with Gasteiger partial charge >= 0.3 is 5.97 Å². The molecule has 31 heavy (non-hydrogen) atoms. The van der Waals surface area contributed by atoms with E-state index < -0.39 is 11.8 Å². The van der Waals surface area contributed by atoms with E-state index in [0.29, 0.717) is 35.2 Å². The largest absolute Gasteiger partial charge is 0.493 e. The third-order valence-corrected chi connectivity index (χ3v) is 5.17. The Morgan fingerprint density at radius 1 is 1.00 bits per heavy atom. The van der Waals surface area contributed by atoms with Crippen molar-refractivity contribution in [3.05, 3.63) is 92.7 Å². The average molecular weight is 464 g/mol. The molecule has 3 aromatic rings. The Bertz CT molecular complexity index is 1070. The predicted octanol–water partition coefficient (Wildman–Crippen LogP) is 5.71. The number of nitrogens with one attached hydrogen (secondary N) is 1. The molecule has 0 radical (unpaired) electrons. The van der Waals surface area contributed by atoms with Crippen molar-refractivity contribution in [3.63, 3.8) is 0 Å². The number of benzene rings is 3. The zero-order valence-electron chi connectivity index (χ0n) is 16.6. The summed E-state index contributed by atoms with van der Waals surface area (Å²) >= 11 is 12.5. The van der Waals surface area contributed by atoms with Crippen LogP contribution in [0, 0.1) is 5.82 Å². The second-order valence-electron chi connectivity index (χ2n) is 6.74. The summed E-state index contributed by atoms with van der Waals surface area (Å²) in [4.78, 5) is 10.9. The van der Waals surface area contributed by atoms with E-state index in [-0.39, 0.29) is 17.2 Å². The number of halogens is 3. The minimum absolute atomic E-state index is 0.110. The molecule has 3 aromatic carbocycles. The molecular formula is C23H20Cl2FNO4. The maximum absolute atomic E-state index is 13.2. The van der Waals surface area contributed by atoms with Crippen LogP contribution in [0.5, 0.6) is 11.5 Å². The highest BCUT2D eigenvalue weighted by Gasteiger charge is 2.13. The first-order valence-corrected chi connectivity index (χ1v) is 10.1. The first-order valence-electron chi connectivity index (χ1n) is 9.33. The molecule has 0 unspecified atom stereocenters. The fourth-order valence-electron chi connectivity index (χ4n) is 2.92. The number of carbonyl (C=O) groups is 1. The van der Waals surface area contributed by atoms with Gasteiger partial charge in [-0.05, 0) is 47.5 Å². The third-order valence-electron chi connectivity index (χ3n) is 4.54. The molecule has 0 saturated heterocycles. The molecule has 0 aliphatic rings. The molecule has 0 fully saturated rings. The van der Waals surface area contributed by atoms with Gasteiger partial charge in [-0.3, -0.25) is 0 Å². The second-order valence-corrected chi connectivity index (χ2v) is 7.55. The average Bonchev–Trinajstić information content (AvgIpc) is 2.74. The molecule has 0 atom stereocenters. The summed E-state index contributed by atoms with van der Waals surface area (Å²) in [7, 11) is 1.52. The summed E-state index contributed by atoms with van der Waals surface area (Å²) < 4.78 is 24.4. The van der Waals surface area contributed by atoms with Gasteiger partial charge in [0, 0.05) is 18.7 Å². The normalized spacial score (nSPS) is 10.7. The molecule has 3 rings (SSSR count). The van der Waals surface area contributed by atoms with Gasteiger partial charge in [-0.15, -0.1) is 0 Å². The van der Waals surface area contributed by atoms with Crippen molar-refractivity contribution in [2.75, 3.05) is 7.11 Å². The lowest BCUT2D eigenvalue weighted by Crippen LogP contribution is -2.13. The lowest BCUT2D eigenvalue weighted by Gasteiger charge is -2.15. The minimum Gasteiger partial charge on any atom is -0.493 e. The van der Waals surface area contributed by atoms with Crippen LogP contribution in [0.15, 0.2) is 54.6 Å². The molecule has 2 N–H and O–H groups in total. The van der Waals surface area contributed by atoms with E-state index in [1.54, 1.807) is 36.4 Å². The molecular weight excluding hydrogens is 444 g/mol. The van der Waals surface area contributed by atoms with Crippen molar-refractivity contribution in [1.82, 2.24) is 5.32 Å². The number of hydrogen-bond acceptors (Lipinski definition) is 4. The van der Waals surface area contributed by atoms with Crippen LogP contribution in [0.4, 0.5) is 4.39 Å². The smallest absolute Gasteiger partial charge is 0.335 e. The van der Waals surface area contributed by atoms with E-state index in [1.807, 2.05) is 6.07 Å². The molecule has 0 spiro atoms. The highest BCUT2D eigenvalue weighted by Crippen LogP contribution is 2.37. The van der Waals surface area contributed by atoms with Crippen molar-refractivity contribution in [2.45, 2.75) is 19.7 Å². The summed E-state index contributed by atoms with van der Waals surface area (Å²) in [5.74, 6) is -0.532. The molecule has 5 nitrogen and oxygen atoms in total. The summed E-state index contributed by atoms with van der Waals surface area (Å²) in [6.07, 6.45) is 0. The molecule has 0 saturated carbocycles. The van der Waals surface area contributed by atoms with Crippen LogP contribution in [0.1, 0.15) is 27.0 Å². The van der Waals surface area contributed by atoms with E-state index in [1.165, 1.54) is 19.2 Å². The van der Waals surface area contributed by atoms with Gasteiger partial charge in [0.2, 0.25) is 0 Å². The summed E-state index contributed by atoms with van der Waals surface area (Å²) in [5.41, 5.74) is 2.72. The zero-order valence-corrected chi connectivity index (χ0v) is 18.1. The third kappa shape index (κ3) is 6.10. The zero-order chi connectivity index (χ0) is 22.4. The quantitative estimate of drug-likeness (QED) is 0.425. The highest BCUT2D eigenvalue weighted by molar-refractivity contribution is 6.32. The van der Waals surface area contributed by atoms with Crippen LogP contribution in [-0.4, -0.2) is 18.2 Å². The molecule has 0 amide bonds. The molecule has 0 bridgehead atoms. The minimum atomic E-state index is -0.953. The van der Waals surface area contributed by atoms with Crippen molar-refractivity contribution < 1.29 is 23.8 Å². The Kier molecular flexibility index (Phi) is 7.74. The SMILES string of the molecule is COc1cc(CNCc2ccc(C(=O)O)cc2)cc(Cl)c1OCc1ccc(F)cc1Cl. The van der Waals surface area contributed by atoms with Crippen LogP contribution in [0.3, 0.4) is 0 Å². The van der Waals surface area contributed by atoms with Gasteiger partial charge in [-0.2, -0.15) is 0 Å². The number of carboxylic acids is 1. The van der Waals surface area contributed by atoms with Gasteiger partial charge in [0.25, 0.3) is 0 Å². The van der Waals surface area contributed by atoms with Crippen LogP contribution >= 0.6 is 23.2 Å². The van der Waals surface area contributed by atoms with Crippen LogP contribution in [-0.2, 0) is 19.7 Å². The van der Waals surface area contributed by atoms with Crippen LogP contribution < -0.4 is 14.8 Å². The van der Waals surface area contributed by atoms with Crippen molar-refractivity contribution in [2.24, 2.45) is 0 Å². The first-order chi connectivity index (χ1) is 14.9. The maximum atomic E-state index is 13.2. The molecule has 8 heteroatoms. The monoisotopic (exact) mass is 463 g/mol. The van der Waals surface area contributed by atoms with Crippen LogP contribution in [0.2, 0.25) is 10.0 Å².